The molecule has 202 valence electrons. The van der Waals surface area contributed by atoms with Gasteiger partial charge >= 0.3 is 12.2 Å². The highest BCUT2D eigenvalue weighted by Gasteiger charge is 2.31. The fraction of sp³-hybridized carbons (Fsp3) is 0.241. The van der Waals surface area contributed by atoms with Gasteiger partial charge in [0.2, 0.25) is 0 Å². The second-order valence-electron chi connectivity index (χ2n) is 9.62. The van der Waals surface area contributed by atoms with Crippen LogP contribution < -0.4 is 11.1 Å². The molecule has 1 aliphatic heterocycles. The molecule has 3 N–H and O–H groups in total. The van der Waals surface area contributed by atoms with Crippen LogP contribution in [0.1, 0.15) is 24.0 Å². The summed E-state index contributed by atoms with van der Waals surface area (Å²) in [6.07, 6.45) is -1.72. The highest BCUT2D eigenvalue weighted by molar-refractivity contribution is 6.30. The standard InChI is InChI=1S/C29H27ClF3N5O/c30-23-10-6-21(7-11-23)25-26(27(34)38(36-25)24-12-8-22(9-13-24)29(31,32)33)35-28(39)37-16-14-20(15-17-37)18-19-4-2-1-3-5-19/h1-13,20H,14-18,34H2,(H,35,39). The van der Waals surface area contributed by atoms with Crippen molar-refractivity contribution in [1.82, 2.24) is 14.7 Å². The third-order valence-electron chi connectivity index (χ3n) is 6.98. The molecular weight excluding hydrogens is 527 g/mol. The molecular formula is C29H27ClF3N5O. The lowest BCUT2D eigenvalue weighted by Crippen LogP contribution is -2.41. The van der Waals surface area contributed by atoms with Gasteiger partial charge in [0.1, 0.15) is 11.4 Å². The molecule has 6 nitrogen and oxygen atoms in total. The number of hydrogen-bond donors (Lipinski definition) is 2. The monoisotopic (exact) mass is 553 g/mol. The number of halogens is 4. The minimum Gasteiger partial charge on any atom is -0.382 e. The molecule has 4 aromatic rings. The molecule has 10 heteroatoms. The SMILES string of the molecule is Nc1c(NC(=O)N2CCC(Cc3ccccc3)CC2)c(-c2ccc(Cl)cc2)nn1-c1ccc(C(F)(F)F)cc1. The largest absolute Gasteiger partial charge is 0.416 e. The Morgan fingerprint density at radius 3 is 2.23 bits per heavy atom. The first-order valence-corrected chi connectivity index (χ1v) is 13.0. The summed E-state index contributed by atoms with van der Waals surface area (Å²) in [6.45, 7) is 1.21. The van der Waals surface area contributed by atoms with E-state index in [1.807, 2.05) is 18.2 Å². The molecule has 0 spiro atoms. The number of benzene rings is 3. The fourth-order valence-electron chi connectivity index (χ4n) is 4.83. The third-order valence-corrected chi connectivity index (χ3v) is 7.23. The molecule has 0 aliphatic carbocycles. The van der Waals surface area contributed by atoms with Gasteiger partial charge in [-0.3, -0.25) is 0 Å². The van der Waals surface area contributed by atoms with Gasteiger partial charge in [-0.2, -0.15) is 18.3 Å². The molecule has 39 heavy (non-hydrogen) atoms. The summed E-state index contributed by atoms with van der Waals surface area (Å²) in [6, 6.07) is 21.4. The van der Waals surface area contributed by atoms with Crippen LogP contribution in [-0.2, 0) is 12.6 Å². The van der Waals surface area contributed by atoms with E-state index in [2.05, 4.69) is 22.5 Å². The number of piperidine rings is 1. The molecule has 2 heterocycles. The topological polar surface area (TPSA) is 76.2 Å². The Bertz CT molecular complexity index is 1430. The van der Waals surface area contributed by atoms with Crippen molar-refractivity contribution in [3.05, 3.63) is 95.0 Å². The number of likely N-dealkylation sites (tertiary alicyclic amines) is 1. The lowest BCUT2D eigenvalue weighted by Gasteiger charge is -2.32. The van der Waals surface area contributed by atoms with Gasteiger partial charge in [-0.1, -0.05) is 54.1 Å². The molecule has 0 radical (unpaired) electrons. The number of nitrogens with two attached hydrogens (primary N) is 1. The van der Waals surface area contributed by atoms with E-state index in [9.17, 15) is 18.0 Å². The van der Waals surface area contributed by atoms with Crippen molar-refractivity contribution in [3.8, 4) is 16.9 Å². The number of carbonyl (C=O) groups is 1. The van der Waals surface area contributed by atoms with Crippen molar-refractivity contribution in [2.75, 3.05) is 24.1 Å². The van der Waals surface area contributed by atoms with Crippen LogP contribution in [0.15, 0.2) is 78.9 Å². The van der Waals surface area contributed by atoms with E-state index in [1.54, 1.807) is 29.2 Å². The lowest BCUT2D eigenvalue weighted by molar-refractivity contribution is -0.137. The maximum Gasteiger partial charge on any atom is 0.416 e. The van der Waals surface area contributed by atoms with Gasteiger partial charge in [0.25, 0.3) is 0 Å². The molecule has 1 aromatic heterocycles. The Morgan fingerprint density at radius 2 is 1.62 bits per heavy atom. The maximum absolute atomic E-state index is 13.3. The quantitative estimate of drug-likeness (QED) is 0.273. The Morgan fingerprint density at radius 1 is 0.974 bits per heavy atom. The molecule has 1 saturated heterocycles. The average Bonchev–Trinajstić information content (AvgIpc) is 3.25. The van der Waals surface area contributed by atoms with Gasteiger partial charge in [-0.25, -0.2) is 9.48 Å². The molecule has 0 unspecified atom stereocenters. The smallest absolute Gasteiger partial charge is 0.382 e. The maximum atomic E-state index is 13.3. The van der Waals surface area contributed by atoms with Gasteiger partial charge in [0, 0.05) is 23.7 Å². The lowest BCUT2D eigenvalue weighted by atomic mass is 9.90. The van der Waals surface area contributed by atoms with Gasteiger partial charge in [0.15, 0.2) is 5.82 Å². The van der Waals surface area contributed by atoms with Crippen LogP contribution in [0.2, 0.25) is 5.02 Å². The van der Waals surface area contributed by atoms with Gasteiger partial charge < -0.3 is 16.0 Å². The average molecular weight is 554 g/mol. The number of nitrogens with one attached hydrogen (secondary N) is 1. The zero-order chi connectivity index (χ0) is 27.6. The van der Waals surface area contributed by atoms with Crippen LogP contribution in [0.5, 0.6) is 0 Å². The number of carbonyl (C=O) groups excluding carboxylic acids is 1. The highest BCUT2D eigenvalue weighted by Crippen LogP contribution is 2.36. The van der Waals surface area contributed by atoms with Crippen molar-refractivity contribution in [2.45, 2.75) is 25.4 Å². The molecule has 0 saturated carbocycles. The predicted octanol–water partition coefficient (Wildman–Crippen LogP) is 7.28. The van der Waals surface area contributed by atoms with Crippen LogP contribution in [0.25, 0.3) is 16.9 Å². The molecule has 0 atom stereocenters. The number of anilines is 2. The summed E-state index contributed by atoms with van der Waals surface area (Å²) in [5, 5.41) is 8.01. The zero-order valence-electron chi connectivity index (χ0n) is 21.0. The van der Waals surface area contributed by atoms with Crippen LogP contribution in [0, 0.1) is 5.92 Å². The second-order valence-corrected chi connectivity index (χ2v) is 10.1. The van der Waals surface area contributed by atoms with Crippen molar-refractivity contribution >= 4 is 29.1 Å². The van der Waals surface area contributed by atoms with E-state index in [-0.39, 0.29) is 17.5 Å². The number of nitrogen functional groups attached to an aromatic ring is 1. The predicted molar refractivity (Wildman–Crippen MR) is 147 cm³/mol. The number of alkyl halides is 3. The van der Waals surface area contributed by atoms with E-state index in [0.717, 1.165) is 31.4 Å². The van der Waals surface area contributed by atoms with E-state index in [0.29, 0.717) is 41.0 Å². The number of aromatic nitrogens is 2. The van der Waals surface area contributed by atoms with Gasteiger partial charge in [-0.05, 0) is 67.1 Å². The first-order valence-electron chi connectivity index (χ1n) is 12.6. The number of urea groups is 1. The summed E-state index contributed by atoms with van der Waals surface area (Å²) in [5.41, 5.74) is 8.59. The Labute approximate surface area is 229 Å². The zero-order valence-corrected chi connectivity index (χ0v) is 21.7. The summed E-state index contributed by atoms with van der Waals surface area (Å²) < 4.78 is 40.5. The van der Waals surface area contributed by atoms with Crippen molar-refractivity contribution < 1.29 is 18.0 Å². The van der Waals surface area contributed by atoms with E-state index in [1.165, 1.54) is 22.4 Å². The van der Waals surface area contributed by atoms with Crippen molar-refractivity contribution in [1.29, 1.82) is 0 Å². The van der Waals surface area contributed by atoms with E-state index < -0.39 is 11.7 Å². The number of nitrogens with zero attached hydrogens (tertiary/aromatic N) is 3. The molecule has 2 amide bonds. The number of hydrogen-bond acceptors (Lipinski definition) is 3. The van der Waals surface area contributed by atoms with Crippen molar-refractivity contribution in [3.63, 3.8) is 0 Å². The number of rotatable bonds is 5. The molecule has 1 aliphatic rings. The van der Waals surface area contributed by atoms with Crippen molar-refractivity contribution in [2.24, 2.45) is 5.92 Å². The van der Waals surface area contributed by atoms with E-state index in [4.69, 9.17) is 17.3 Å². The molecule has 0 bridgehead atoms. The summed E-state index contributed by atoms with van der Waals surface area (Å²) in [4.78, 5) is 15.1. The molecule has 3 aromatic carbocycles. The highest BCUT2D eigenvalue weighted by atomic mass is 35.5. The van der Waals surface area contributed by atoms with Gasteiger partial charge in [0.05, 0.1) is 11.3 Å². The Kier molecular flexibility index (Phi) is 7.52. The number of amides is 2. The first kappa shape index (κ1) is 26.6. The summed E-state index contributed by atoms with van der Waals surface area (Å²) in [5.74, 6) is 0.598. The second kappa shape index (κ2) is 11.0. The minimum atomic E-state index is -4.46. The first-order chi connectivity index (χ1) is 18.7. The third kappa shape index (κ3) is 6.04. The van der Waals surface area contributed by atoms with Crippen LogP contribution >= 0.6 is 11.6 Å². The normalized spacial score (nSPS) is 14.4. The summed E-state index contributed by atoms with van der Waals surface area (Å²) >= 11 is 6.05. The Hall–Kier alpha value is -3.98. The van der Waals surface area contributed by atoms with Crippen LogP contribution in [0.4, 0.5) is 29.5 Å². The summed E-state index contributed by atoms with van der Waals surface area (Å²) in [7, 11) is 0. The molecule has 5 rings (SSSR count). The van der Waals surface area contributed by atoms with Crippen LogP contribution in [-0.4, -0.2) is 33.8 Å². The fourth-order valence-corrected chi connectivity index (χ4v) is 4.95. The minimum absolute atomic E-state index is 0.104. The van der Waals surface area contributed by atoms with E-state index >= 15 is 0 Å². The van der Waals surface area contributed by atoms with Gasteiger partial charge in [-0.15, -0.1) is 0 Å². The van der Waals surface area contributed by atoms with Crippen LogP contribution in [0.3, 0.4) is 0 Å². The molecule has 1 fully saturated rings. The Balaban J connectivity index is 1.37.